The van der Waals surface area contributed by atoms with Gasteiger partial charge in [-0.15, -0.1) is 0 Å². The Morgan fingerprint density at radius 1 is 1.60 bits per heavy atom. The van der Waals surface area contributed by atoms with E-state index in [9.17, 15) is 4.39 Å². The van der Waals surface area contributed by atoms with E-state index >= 15 is 0 Å². The molecule has 0 aliphatic carbocycles. The molecule has 0 aliphatic rings. The van der Waals surface area contributed by atoms with Crippen LogP contribution in [-0.2, 0) is 0 Å². The van der Waals surface area contributed by atoms with Crippen LogP contribution in [0.5, 0.6) is 0 Å². The number of hydrogen-bond acceptors (Lipinski definition) is 1. The molecule has 10 heavy (non-hydrogen) atoms. The fraction of sp³-hybridized carbons (Fsp3) is 0.125. The molecule has 0 saturated carbocycles. The van der Waals surface area contributed by atoms with E-state index in [2.05, 4.69) is 11.6 Å². The van der Waals surface area contributed by atoms with Crippen molar-refractivity contribution in [3.05, 3.63) is 36.6 Å². The van der Waals surface area contributed by atoms with Crippen LogP contribution in [0.3, 0.4) is 0 Å². The van der Waals surface area contributed by atoms with Gasteiger partial charge in [-0.1, -0.05) is 18.7 Å². The lowest BCUT2D eigenvalue weighted by Crippen LogP contribution is -1.63. The first-order valence-electron chi connectivity index (χ1n) is 2.89. The second kappa shape index (κ2) is 5.95. The Bertz CT molecular complexity index is 178. The Morgan fingerprint density at radius 3 is 2.80 bits per heavy atom. The molecule has 2 heteroatoms. The van der Waals surface area contributed by atoms with Crippen LogP contribution in [0.15, 0.2) is 41.6 Å². The van der Waals surface area contributed by atoms with E-state index in [-0.39, 0.29) is 6.47 Å². The van der Waals surface area contributed by atoms with Crippen LogP contribution in [0.25, 0.3) is 0 Å². The molecule has 54 valence electrons. The van der Waals surface area contributed by atoms with E-state index in [1.54, 1.807) is 12.2 Å². The molecule has 0 atom stereocenters. The molecule has 0 amide bonds. The van der Waals surface area contributed by atoms with Crippen molar-refractivity contribution in [2.24, 2.45) is 4.99 Å². The van der Waals surface area contributed by atoms with Gasteiger partial charge in [-0.25, -0.2) is 4.99 Å². The molecule has 0 aromatic carbocycles. The van der Waals surface area contributed by atoms with E-state index < -0.39 is 0 Å². The fourth-order valence-corrected chi connectivity index (χ4v) is 0.435. The number of allylic oxidation sites excluding steroid dienone is 4. The first-order valence-corrected chi connectivity index (χ1v) is 2.89. The highest BCUT2D eigenvalue weighted by Gasteiger charge is 1.74. The number of halogens is 1. The molecule has 0 aliphatic heterocycles. The summed E-state index contributed by atoms with van der Waals surface area (Å²) in [5.41, 5.74) is 0.987. The summed E-state index contributed by atoms with van der Waals surface area (Å²) in [4.78, 5) is 3.25. The topological polar surface area (TPSA) is 12.4 Å². The van der Waals surface area contributed by atoms with E-state index in [0.29, 0.717) is 0 Å². The quantitative estimate of drug-likeness (QED) is 0.421. The van der Waals surface area contributed by atoms with E-state index in [1.807, 2.05) is 13.0 Å². The molecule has 0 fully saturated rings. The Morgan fingerprint density at radius 2 is 2.30 bits per heavy atom. The zero-order valence-corrected chi connectivity index (χ0v) is 5.92. The largest absolute Gasteiger partial charge is 0.235 e. The predicted molar refractivity (Wildman–Crippen MR) is 42.7 cm³/mol. The van der Waals surface area contributed by atoms with Crippen molar-refractivity contribution in [3.8, 4) is 0 Å². The fourth-order valence-electron chi connectivity index (χ4n) is 0.435. The minimum Gasteiger partial charge on any atom is -0.235 e. The summed E-state index contributed by atoms with van der Waals surface area (Å²) in [5.74, 6) is 0. The van der Waals surface area contributed by atoms with Crippen LogP contribution in [0.2, 0.25) is 0 Å². The maximum Gasteiger partial charge on any atom is 0.175 e. The smallest absolute Gasteiger partial charge is 0.175 e. The Balaban J connectivity index is 3.88. The number of nitrogens with zero attached hydrogens (tertiary/aromatic N) is 1. The number of hydrogen-bond donors (Lipinski definition) is 0. The Hall–Kier alpha value is -1.18. The maximum absolute atomic E-state index is 11.2. The Kier molecular flexibility index (Phi) is 5.25. The standard InChI is InChI=1S/C8H10FN/c1-3-4-8(2)5-6-10-7-9/h3-7H,1H2,2H3/b6-5-,8-4-,10-7?. The van der Waals surface area contributed by atoms with Gasteiger partial charge in [0.05, 0.1) is 0 Å². The molecule has 0 bridgehead atoms. The first kappa shape index (κ1) is 8.82. The van der Waals surface area contributed by atoms with Gasteiger partial charge in [0.2, 0.25) is 0 Å². The van der Waals surface area contributed by atoms with Crippen molar-refractivity contribution in [2.45, 2.75) is 6.92 Å². The van der Waals surface area contributed by atoms with Crippen molar-refractivity contribution >= 4 is 6.47 Å². The van der Waals surface area contributed by atoms with Crippen molar-refractivity contribution in [2.75, 3.05) is 0 Å². The van der Waals surface area contributed by atoms with E-state index in [0.717, 1.165) is 5.57 Å². The molecular weight excluding hydrogens is 129 g/mol. The molecule has 0 heterocycles. The summed E-state index contributed by atoms with van der Waals surface area (Å²) in [7, 11) is 0. The number of rotatable bonds is 3. The van der Waals surface area contributed by atoms with Gasteiger partial charge in [0.15, 0.2) is 6.47 Å². The number of aliphatic imine (C=N–C) groups is 1. The second-order valence-corrected chi connectivity index (χ2v) is 1.71. The zero-order chi connectivity index (χ0) is 7.82. The molecule has 1 nitrogen and oxygen atoms in total. The Labute approximate surface area is 60.3 Å². The van der Waals surface area contributed by atoms with Crippen LogP contribution in [0, 0.1) is 0 Å². The molecular formula is C8H10FN. The van der Waals surface area contributed by atoms with Crippen LogP contribution < -0.4 is 0 Å². The lowest BCUT2D eigenvalue weighted by molar-refractivity contribution is 0.841. The van der Waals surface area contributed by atoms with Gasteiger partial charge in [-0.05, 0) is 18.6 Å². The van der Waals surface area contributed by atoms with Crippen molar-refractivity contribution in [3.63, 3.8) is 0 Å². The van der Waals surface area contributed by atoms with E-state index in [4.69, 9.17) is 0 Å². The molecule has 0 rings (SSSR count). The lowest BCUT2D eigenvalue weighted by atomic mass is 10.3. The van der Waals surface area contributed by atoms with Gasteiger partial charge >= 0.3 is 0 Å². The van der Waals surface area contributed by atoms with Crippen molar-refractivity contribution in [1.82, 2.24) is 0 Å². The average molecular weight is 139 g/mol. The van der Waals surface area contributed by atoms with Gasteiger partial charge in [0, 0.05) is 6.20 Å². The minimum atomic E-state index is 0.248. The molecule has 0 unspecified atom stereocenters. The van der Waals surface area contributed by atoms with E-state index in [1.165, 1.54) is 6.20 Å². The monoisotopic (exact) mass is 139 g/mol. The van der Waals surface area contributed by atoms with Crippen molar-refractivity contribution in [1.29, 1.82) is 0 Å². The molecule has 0 radical (unpaired) electrons. The molecule has 0 saturated heterocycles. The van der Waals surface area contributed by atoms with Gasteiger partial charge in [-0.3, -0.25) is 0 Å². The maximum atomic E-state index is 11.2. The second-order valence-electron chi connectivity index (χ2n) is 1.71. The third kappa shape index (κ3) is 4.97. The third-order valence-corrected chi connectivity index (χ3v) is 0.861. The van der Waals surface area contributed by atoms with Gasteiger partial charge in [0.25, 0.3) is 0 Å². The molecule has 0 aromatic rings. The van der Waals surface area contributed by atoms with Gasteiger partial charge in [0.1, 0.15) is 0 Å². The predicted octanol–water partition coefficient (Wildman–Crippen LogP) is 2.63. The normalized spacial score (nSPS) is 13.2. The minimum absolute atomic E-state index is 0.248. The van der Waals surface area contributed by atoms with Crippen LogP contribution in [-0.4, -0.2) is 6.47 Å². The third-order valence-electron chi connectivity index (χ3n) is 0.861. The molecule has 0 aromatic heterocycles. The van der Waals surface area contributed by atoms with Crippen LogP contribution in [0.1, 0.15) is 6.92 Å². The van der Waals surface area contributed by atoms with Crippen LogP contribution in [0.4, 0.5) is 4.39 Å². The van der Waals surface area contributed by atoms with Crippen LogP contribution >= 0.6 is 0 Å². The van der Waals surface area contributed by atoms with Gasteiger partial charge in [-0.2, -0.15) is 4.39 Å². The summed E-state index contributed by atoms with van der Waals surface area (Å²) < 4.78 is 11.2. The van der Waals surface area contributed by atoms with Crippen molar-refractivity contribution < 1.29 is 4.39 Å². The highest BCUT2D eigenvalue weighted by molar-refractivity contribution is 5.45. The SMILES string of the molecule is C=C/C=C(C)\C=C/N=CF. The summed E-state index contributed by atoms with van der Waals surface area (Å²) in [6, 6.07) is 0. The average Bonchev–Trinajstić information content (AvgIpc) is 1.89. The highest BCUT2D eigenvalue weighted by Crippen LogP contribution is 1.94. The zero-order valence-electron chi connectivity index (χ0n) is 5.92. The summed E-state index contributed by atoms with van der Waals surface area (Å²) >= 11 is 0. The summed E-state index contributed by atoms with van der Waals surface area (Å²) in [6.45, 7) is 5.63. The molecule has 0 N–H and O–H groups in total. The highest BCUT2D eigenvalue weighted by atomic mass is 19.1. The first-order chi connectivity index (χ1) is 4.81. The summed E-state index contributed by atoms with van der Waals surface area (Å²) in [5, 5.41) is 0. The molecule has 0 spiro atoms. The van der Waals surface area contributed by atoms with Gasteiger partial charge < -0.3 is 0 Å². The summed E-state index contributed by atoms with van der Waals surface area (Å²) in [6.07, 6.45) is 6.55. The lowest BCUT2D eigenvalue weighted by Gasteiger charge is -1.83.